The van der Waals surface area contributed by atoms with Crippen molar-refractivity contribution in [2.24, 2.45) is 0 Å². The first-order chi connectivity index (χ1) is 16.5. The van der Waals surface area contributed by atoms with Crippen molar-refractivity contribution >= 4 is 24.8 Å². The van der Waals surface area contributed by atoms with Gasteiger partial charge in [0.25, 0.3) is 5.91 Å². The van der Waals surface area contributed by atoms with Crippen LogP contribution in [-0.2, 0) is 20.2 Å². The summed E-state index contributed by atoms with van der Waals surface area (Å²) >= 11 is 1.50. The molecule has 1 unspecified atom stereocenters. The Balaban J connectivity index is 1.66. The highest BCUT2D eigenvalue weighted by atomic mass is 32.1. The van der Waals surface area contributed by atoms with Gasteiger partial charge in [0.15, 0.2) is 0 Å². The predicted molar refractivity (Wildman–Crippen MR) is 124 cm³/mol. The van der Waals surface area contributed by atoms with Gasteiger partial charge in [0, 0.05) is 5.56 Å². The van der Waals surface area contributed by atoms with Gasteiger partial charge in [-0.1, -0.05) is 29.5 Å². The van der Waals surface area contributed by atoms with E-state index >= 15 is 0 Å². The summed E-state index contributed by atoms with van der Waals surface area (Å²) in [4.78, 5) is 15.2. The fraction of sp³-hybridized carbons (Fsp3) is 0.300. The van der Waals surface area contributed by atoms with E-state index in [4.69, 9.17) is 9.05 Å². The van der Waals surface area contributed by atoms with Gasteiger partial charge in [-0.25, -0.2) is 4.68 Å². The van der Waals surface area contributed by atoms with E-state index in [0.29, 0.717) is 17.1 Å². The Morgan fingerprint density at radius 1 is 1.12 bits per heavy atom. The number of hydrogen-bond acceptors (Lipinski definition) is 10. The summed E-state index contributed by atoms with van der Waals surface area (Å²) < 4.78 is 26.1. The summed E-state index contributed by atoms with van der Waals surface area (Å²) in [5, 5.41) is 25.3. The average Bonchev–Trinajstić information content (AvgIpc) is 3.61. The minimum absolute atomic E-state index is 0.105. The standard InChI is InChI=1S/C20H23N8O4PS/c1-3-31-33(30,32-4-2)20(22-19(29)15-9-6-5-7-10-15)28-16(13-21-25-28)14-27-24-18(23-26-27)17-11-8-12-34-17/h5-13,20H,3-4,14H2,1-2H3,(H,22,29). The molecule has 0 aliphatic rings. The molecule has 3 heterocycles. The number of amides is 1. The van der Waals surface area contributed by atoms with Crippen molar-refractivity contribution in [1.29, 1.82) is 0 Å². The molecule has 0 aliphatic heterocycles. The lowest BCUT2D eigenvalue weighted by atomic mass is 10.2. The second kappa shape index (κ2) is 10.8. The Hall–Kier alpha value is -3.25. The van der Waals surface area contributed by atoms with Gasteiger partial charge in [-0.15, -0.1) is 26.6 Å². The molecule has 178 valence electrons. The summed E-state index contributed by atoms with van der Waals surface area (Å²) in [6.45, 7) is 3.70. The topological polar surface area (TPSA) is 139 Å². The zero-order chi connectivity index (χ0) is 24.0. The molecule has 4 rings (SSSR count). The number of carbonyl (C=O) groups is 1. The normalized spacial score (nSPS) is 12.5. The van der Waals surface area contributed by atoms with Crippen LogP contribution in [0, 0.1) is 0 Å². The number of thiophene rings is 1. The molecule has 0 saturated carbocycles. The molecule has 0 fully saturated rings. The summed E-state index contributed by atoms with van der Waals surface area (Å²) in [5.74, 6) is -1.25. The molecule has 0 bridgehead atoms. The van der Waals surface area contributed by atoms with Gasteiger partial charge in [-0.2, -0.15) is 4.80 Å². The number of carbonyl (C=O) groups excluding carboxylic acids is 1. The SMILES string of the molecule is CCOP(=O)(OCC)C(NC(=O)c1ccccc1)n1nncc1Cn1nnc(-c2cccs2)n1. The lowest BCUT2D eigenvalue weighted by molar-refractivity contribution is 0.0916. The molecule has 34 heavy (non-hydrogen) atoms. The first-order valence-electron chi connectivity index (χ1n) is 10.5. The van der Waals surface area contributed by atoms with Crippen LogP contribution in [0.3, 0.4) is 0 Å². The van der Waals surface area contributed by atoms with Crippen LogP contribution in [0.5, 0.6) is 0 Å². The number of tetrazole rings is 1. The molecule has 1 amide bonds. The van der Waals surface area contributed by atoms with E-state index in [2.05, 4.69) is 31.0 Å². The van der Waals surface area contributed by atoms with Crippen molar-refractivity contribution in [3.63, 3.8) is 0 Å². The van der Waals surface area contributed by atoms with Crippen molar-refractivity contribution in [2.45, 2.75) is 26.3 Å². The zero-order valence-electron chi connectivity index (χ0n) is 18.5. The van der Waals surface area contributed by atoms with Gasteiger partial charge in [0.1, 0.15) is 6.54 Å². The molecule has 0 aliphatic carbocycles. The van der Waals surface area contributed by atoms with E-state index in [1.807, 2.05) is 17.5 Å². The number of nitrogens with one attached hydrogen (secondary N) is 1. The maximum Gasteiger partial charge on any atom is 0.375 e. The molecule has 1 atom stereocenters. The number of hydrogen-bond donors (Lipinski definition) is 1. The first-order valence-corrected chi connectivity index (χ1v) is 13.0. The van der Waals surface area contributed by atoms with Crippen LogP contribution >= 0.6 is 18.9 Å². The smallest absolute Gasteiger partial charge is 0.320 e. The summed E-state index contributed by atoms with van der Waals surface area (Å²) in [6.07, 6.45) is 1.47. The molecule has 0 saturated heterocycles. The minimum Gasteiger partial charge on any atom is -0.320 e. The molecule has 12 nitrogen and oxygen atoms in total. The van der Waals surface area contributed by atoms with Crippen LogP contribution in [0.2, 0.25) is 0 Å². The average molecular weight is 502 g/mol. The molecule has 4 aromatic rings. The van der Waals surface area contributed by atoms with E-state index in [9.17, 15) is 9.36 Å². The van der Waals surface area contributed by atoms with Crippen LogP contribution < -0.4 is 5.32 Å². The number of rotatable bonds is 11. The third kappa shape index (κ3) is 5.28. The Labute approximate surface area is 199 Å². The maximum atomic E-state index is 13.7. The van der Waals surface area contributed by atoms with Crippen molar-refractivity contribution in [1.82, 2.24) is 40.5 Å². The van der Waals surface area contributed by atoms with Gasteiger partial charge in [0.05, 0.1) is 30.0 Å². The highest BCUT2D eigenvalue weighted by Crippen LogP contribution is 2.57. The zero-order valence-corrected chi connectivity index (χ0v) is 20.2. The Bertz CT molecular complexity index is 1250. The Morgan fingerprint density at radius 3 is 2.56 bits per heavy atom. The van der Waals surface area contributed by atoms with Crippen LogP contribution in [0.15, 0.2) is 54.0 Å². The highest BCUT2D eigenvalue weighted by Gasteiger charge is 2.40. The second-order valence-corrected chi connectivity index (χ2v) is 9.91. The maximum absolute atomic E-state index is 13.7. The Morgan fingerprint density at radius 2 is 1.88 bits per heavy atom. The molecule has 14 heteroatoms. The number of aromatic nitrogens is 7. The van der Waals surface area contributed by atoms with E-state index < -0.39 is 19.4 Å². The fourth-order valence-corrected chi connectivity index (χ4v) is 5.61. The fourth-order valence-electron chi connectivity index (χ4n) is 3.15. The van der Waals surface area contributed by atoms with Gasteiger partial charge in [0.2, 0.25) is 11.7 Å². The molecule has 0 spiro atoms. The van der Waals surface area contributed by atoms with Crippen molar-refractivity contribution < 1.29 is 18.4 Å². The van der Waals surface area contributed by atoms with E-state index in [-0.39, 0.29) is 19.8 Å². The lowest BCUT2D eigenvalue weighted by Crippen LogP contribution is -2.35. The third-order valence-electron chi connectivity index (χ3n) is 4.59. The van der Waals surface area contributed by atoms with Crippen molar-refractivity contribution in [2.75, 3.05) is 13.2 Å². The predicted octanol–water partition coefficient (Wildman–Crippen LogP) is 3.19. The van der Waals surface area contributed by atoms with E-state index in [0.717, 1.165) is 4.88 Å². The monoisotopic (exact) mass is 502 g/mol. The molecule has 1 N–H and O–H groups in total. The lowest BCUT2D eigenvalue weighted by Gasteiger charge is -2.27. The summed E-state index contributed by atoms with van der Waals surface area (Å²) in [7, 11) is -3.89. The van der Waals surface area contributed by atoms with Gasteiger partial charge < -0.3 is 14.4 Å². The molecule has 1 aromatic carbocycles. The molecule has 0 radical (unpaired) electrons. The van der Waals surface area contributed by atoms with Gasteiger partial charge >= 0.3 is 7.60 Å². The Kier molecular flexibility index (Phi) is 7.58. The second-order valence-electron chi connectivity index (χ2n) is 6.88. The van der Waals surface area contributed by atoms with E-state index in [1.165, 1.54) is 27.0 Å². The molecular weight excluding hydrogens is 479 g/mol. The van der Waals surface area contributed by atoms with Crippen LogP contribution in [0.1, 0.15) is 35.8 Å². The largest absolute Gasteiger partial charge is 0.375 e. The minimum atomic E-state index is -3.89. The quantitative estimate of drug-likeness (QED) is 0.306. The van der Waals surface area contributed by atoms with Crippen LogP contribution in [0.25, 0.3) is 10.7 Å². The summed E-state index contributed by atoms with van der Waals surface area (Å²) in [5.41, 5.74) is 0.848. The molecule has 3 aromatic heterocycles. The first kappa shape index (κ1) is 23.9. The third-order valence-corrected chi connectivity index (χ3v) is 7.64. The van der Waals surface area contributed by atoms with Gasteiger partial charge in [-0.3, -0.25) is 9.36 Å². The number of nitrogens with zero attached hydrogens (tertiary/aromatic N) is 7. The van der Waals surface area contributed by atoms with E-state index in [1.54, 1.807) is 44.2 Å². The van der Waals surface area contributed by atoms with Crippen molar-refractivity contribution in [3.05, 3.63) is 65.3 Å². The van der Waals surface area contributed by atoms with Crippen LogP contribution in [-0.4, -0.2) is 54.3 Å². The van der Waals surface area contributed by atoms with Crippen LogP contribution in [0.4, 0.5) is 0 Å². The highest BCUT2D eigenvalue weighted by molar-refractivity contribution is 7.53. The molecular formula is C20H23N8O4PS. The summed E-state index contributed by atoms with van der Waals surface area (Å²) in [6, 6.07) is 12.4. The van der Waals surface area contributed by atoms with Crippen molar-refractivity contribution in [3.8, 4) is 10.7 Å². The van der Waals surface area contributed by atoms with Gasteiger partial charge in [-0.05, 0) is 42.6 Å². The number of benzene rings is 1.